The van der Waals surface area contributed by atoms with Gasteiger partial charge in [0.2, 0.25) is 0 Å². The predicted octanol–water partition coefficient (Wildman–Crippen LogP) is -0.179. The molecule has 3 heterocycles. The van der Waals surface area contributed by atoms with E-state index in [2.05, 4.69) is 10.3 Å². The van der Waals surface area contributed by atoms with Crippen molar-refractivity contribution in [2.45, 2.75) is 26.8 Å². The Kier molecular flexibility index (Phi) is 5.82. The van der Waals surface area contributed by atoms with Crippen molar-refractivity contribution in [2.24, 2.45) is 0 Å². The Hall–Kier alpha value is -1.77. The molecule has 1 amide bonds. The Morgan fingerprint density at radius 1 is 1.44 bits per heavy atom. The van der Waals surface area contributed by atoms with Gasteiger partial charge in [-0.2, -0.15) is 0 Å². The Morgan fingerprint density at radius 3 is 2.92 bits per heavy atom. The number of carbonyl (C=O) groups excluding carboxylic acids is 1. The summed E-state index contributed by atoms with van der Waals surface area (Å²) in [5.74, 6) is -0.116. The molecule has 0 aromatic carbocycles. The molecule has 1 aliphatic rings. The molecule has 0 unspecified atom stereocenters. The fourth-order valence-corrected chi connectivity index (χ4v) is 4.17. The Bertz CT molecular complexity index is 808. The summed E-state index contributed by atoms with van der Waals surface area (Å²) < 4.78 is 6.96. The molecule has 2 aromatic rings. The highest BCUT2D eigenvalue weighted by Crippen LogP contribution is 2.26. The lowest BCUT2D eigenvalue weighted by Crippen LogP contribution is -3.14. The van der Waals surface area contributed by atoms with Gasteiger partial charge in [-0.15, -0.1) is 11.3 Å². The van der Waals surface area contributed by atoms with E-state index in [-0.39, 0.29) is 11.5 Å². The first kappa shape index (κ1) is 18.0. The molecule has 25 heavy (non-hydrogen) atoms. The first-order chi connectivity index (χ1) is 12.1. The van der Waals surface area contributed by atoms with Crippen LogP contribution in [-0.2, 0) is 11.3 Å². The Labute approximate surface area is 150 Å². The van der Waals surface area contributed by atoms with Crippen LogP contribution in [0.15, 0.2) is 11.1 Å². The summed E-state index contributed by atoms with van der Waals surface area (Å²) in [5.41, 5.74) is 0.677. The number of hydrogen-bond donors (Lipinski definition) is 2. The quantitative estimate of drug-likeness (QED) is 0.745. The summed E-state index contributed by atoms with van der Waals surface area (Å²) in [7, 11) is 0. The second-order valence-corrected chi connectivity index (χ2v) is 7.35. The maximum absolute atomic E-state index is 12.6. The fourth-order valence-electron chi connectivity index (χ4n) is 3.12. The monoisotopic (exact) mass is 365 g/mol. The zero-order valence-corrected chi connectivity index (χ0v) is 15.6. The molecule has 2 aromatic heterocycles. The number of thiophene rings is 1. The van der Waals surface area contributed by atoms with E-state index in [9.17, 15) is 9.59 Å². The van der Waals surface area contributed by atoms with Crippen molar-refractivity contribution in [3.05, 3.63) is 27.1 Å². The minimum Gasteiger partial charge on any atom is -0.370 e. The first-order valence-electron chi connectivity index (χ1n) is 8.80. The summed E-state index contributed by atoms with van der Waals surface area (Å²) in [6.07, 6.45) is 2.45. The number of nitrogens with zero attached hydrogens (tertiary/aromatic N) is 2. The lowest BCUT2D eigenvalue weighted by molar-refractivity contribution is -0.906. The van der Waals surface area contributed by atoms with Gasteiger partial charge in [-0.05, 0) is 18.9 Å². The van der Waals surface area contributed by atoms with Gasteiger partial charge in [-0.3, -0.25) is 14.2 Å². The van der Waals surface area contributed by atoms with Crippen LogP contribution in [0.2, 0.25) is 0 Å². The smallest absolute Gasteiger partial charge is 0.262 e. The molecule has 7 nitrogen and oxygen atoms in total. The first-order valence-corrected chi connectivity index (χ1v) is 9.61. The molecule has 8 heteroatoms. The molecule has 0 aliphatic carbocycles. The van der Waals surface area contributed by atoms with Crippen LogP contribution in [0.4, 0.5) is 0 Å². The second-order valence-electron chi connectivity index (χ2n) is 6.35. The van der Waals surface area contributed by atoms with Gasteiger partial charge in [0.15, 0.2) is 0 Å². The summed E-state index contributed by atoms with van der Waals surface area (Å²) in [5, 5.41) is 3.55. The van der Waals surface area contributed by atoms with Gasteiger partial charge in [0.05, 0.1) is 42.9 Å². The number of amides is 1. The fraction of sp³-hybridized carbons (Fsp3) is 0.588. The van der Waals surface area contributed by atoms with E-state index in [1.54, 1.807) is 10.9 Å². The van der Waals surface area contributed by atoms with Crippen LogP contribution in [-0.4, -0.2) is 54.9 Å². The third-order valence-corrected chi connectivity index (χ3v) is 5.75. The molecular formula is C17H25N4O3S+. The topological polar surface area (TPSA) is 77.7 Å². The highest BCUT2D eigenvalue weighted by Gasteiger charge is 2.20. The molecule has 1 saturated heterocycles. The average molecular weight is 365 g/mol. The van der Waals surface area contributed by atoms with Crippen LogP contribution >= 0.6 is 11.3 Å². The van der Waals surface area contributed by atoms with E-state index >= 15 is 0 Å². The normalized spacial score (nSPS) is 15.6. The number of aromatic nitrogens is 2. The second kappa shape index (κ2) is 8.07. The molecule has 136 valence electrons. The number of quaternary nitrogens is 1. The molecule has 3 rings (SSSR count). The minimum absolute atomic E-state index is 0.0580. The van der Waals surface area contributed by atoms with E-state index in [1.165, 1.54) is 16.2 Å². The largest absolute Gasteiger partial charge is 0.370 e. The van der Waals surface area contributed by atoms with E-state index in [1.807, 2.05) is 13.8 Å². The average Bonchev–Trinajstić information content (AvgIpc) is 2.96. The maximum atomic E-state index is 12.6. The van der Waals surface area contributed by atoms with Gasteiger partial charge in [0.25, 0.3) is 11.5 Å². The van der Waals surface area contributed by atoms with E-state index in [0.717, 1.165) is 44.8 Å². The molecule has 0 spiro atoms. The van der Waals surface area contributed by atoms with Crippen LogP contribution in [0.1, 0.15) is 28.6 Å². The number of fused-ring (bicyclic) bond motifs is 1. The lowest BCUT2D eigenvalue weighted by atomic mass is 10.2. The molecule has 0 radical (unpaired) electrons. The molecule has 0 bridgehead atoms. The number of rotatable bonds is 6. The van der Waals surface area contributed by atoms with Crippen LogP contribution in [0.3, 0.4) is 0 Å². The van der Waals surface area contributed by atoms with E-state index in [4.69, 9.17) is 4.74 Å². The molecule has 1 fully saturated rings. The Balaban J connectivity index is 1.72. The van der Waals surface area contributed by atoms with Gasteiger partial charge in [0, 0.05) is 6.54 Å². The van der Waals surface area contributed by atoms with Crippen LogP contribution in [0.25, 0.3) is 10.2 Å². The zero-order chi connectivity index (χ0) is 17.8. The van der Waals surface area contributed by atoms with Crippen molar-refractivity contribution >= 4 is 27.5 Å². The number of ether oxygens (including phenoxy) is 1. The lowest BCUT2D eigenvalue weighted by Gasteiger charge is -2.23. The highest BCUT2D eigenvalue weighted by molar-refractivity contribution is 7.20. The number of nitrogens with one attached hydrogen (secondary N) is 2. The highest BCUT2D eigenvalue weighted by atomic mass is 32.1. The maximum Gasteiger partial charge on any atom is 0.262 e. The number of carbonyl (C=O) groups is 1. The summed E-state index contributed by atoms with van der Waals surface area (Å²) in [6, 6.07) is 0. The van der Waals surface area contributed by atoms with Crippen molar-refractivity contribution in [1.82, 2.24) is 14.9 Å². The predicted molar refractivity (Wildman–Crippen MR) is 97.6 cm³/mol. The van der Waals surface area contributed by atoms with E-state index in [0.29, 0.717) is 28.2 Å². The molecular weight excluding hydrogens is 340 g/mol. The van der Waals surface area contributed by atoms with Crippen molar-refractivity contribution in [1.29, 1.82) is 0 Å². The molecule has 0 saturated carbocycles. The third-order valence-electron chi connectivity index (χ3n) is 4.55. The van der Waals surface area contributed by atoms with Crippen molar-refractivity contribution in [3.8, 4) is 0 Å². The Morgan fingerprint density at radius 2 is 2.20 bits per heavy atom. The zero-order valence-electron chi connectivity index (χ0n) is 14.8. The molecule has 0 atom stereocenters. The summed E-state index contributed by atoms with van der Waals surface area (Å²) in [6.45, 7) is 9.55. The SMILES string of the molecule is CCCn1cnc2sc(C(=O)NCC[NH+]3CCOCC3)c(C)c2c1=O. The van der Waals surface area contributed by atoms with Gasteiger partial charge in [-0.1, -0.05) is 6.92 Å². The van der Waals surface area contributed by atoms with Crippen molar-refractivity contribution in [2.75, 3.05) is 39.4 Å². The summed E-state index contributed by atoms with van der Waals surface area (Å²) >= 11 is 1.30. The number of morpholine rings is 1. The van der Waals surface area contributed by atoms with Gasteiger partial charge in [-0.25, -0.2) is 4.98 Å². The van der Waals surface area contributed by atoms with Gasteiger partial charge < -0.3 is 15.0 Å². The number of aryl methyl sites for hydroxylation is 2. The molecule has 2 N–H and O–H groups in total. The van der Waals surface area contributed by atoms with Crippen LogP contribution < -0.4 is 15.8 Å². The summed E-state index contributed by atoms with van der Waals surface area (Å²) in [4.78, 5) is 32.1. The van der Waals surface area contributed by atoms with Crippen LogP contribution in [0, 0.1) is 6.92 Å². The van der Waals surface area contributed by atoms with Gasteiger partial charge >= 0.3 is 0 Å². The van der Waals surface area contributed by atoms with E-state index < -0.39 is 0 Å². The number of hydrogen-bond acceptors (Lipinski definition) is 5. The minimum atomic E-state index is -0.116. The standard InChI is InChI=1S/C17H24N4O3S/c1-3-5-21-11-19-16-13(17(21)23)12(2)14(25-16)15(22)18-4-6-20-7-9-24-10-8-20/h11H,3-10H2,1-2H3,(H,18,22)/p+1. The van der Waals surface area contributed by atoms with Crippen molar-refractivity contribution in [3.63, 3.8) is 0 Å². The van der Waals surface area contributed by atoms with Gasteiger partial charge in [0.1, 0.15) is 17.9 Å². The van der Waals surface area contributed by atoms with Crippen molar-refractivity contribution < 1.29 is 14.4 Å². The third kappa shape index (κ3) is 3.91. The molecule has 1 aliphatic heterocycles. The van der Waals surface area contributed by atoms with Crippen LogP contribution in [0.5, 0.6) is 0 Å².